The van der Waals surface area contributed by atoms with Crippen LogP contribution in [0.3, 0.4) is 0 Å². The van der Waals surface area contributed by atoms with E-state index in [4.69, 9.17) is 15.6 Å². The van der Waals surface area contributed by atoms with Crippen molar-refractivity contribution in [1.29, 1.82) is 0 Å². The number of aliphatic carboxylic acids is 1. The Balaban J connectivity index is 2.25. The van der Waals surface area contributed by atoms with E-state index in [1.807, 2.05) is 24.3 Å². The van der Waals surface area contributed by atoms with E-state index in [0.717, 1.165) is 18.4 Å². The van der Waals surface area contributed by atoms with Crippen molar-refractivity contribution in [1.82, 2.24) is 0 Å². The molecule has 3 N–H and O–H groups in total. The predicted octanol–water partition coefficient (Wildman–Crippen LogP) is 1.32. The minimum atomic E-state index is -0.976. The van der Waals surface area contributed by atoms with Gasteiger partial charge in [-0.15, -0.1) is 0 Å². The van der Waals surface area contributed by atoms with Crippen LogP contribution in [0.15, 0.2) is 24.3 Å². The lowest BCUT2D eigenvalue weighted by Crippen LogP contribution is -2.61. The molecule has 0 aliphatic carbocycles. The van der Waals surface area contributed by atoms with Gasteiger partial charge in [0.2, 0.25) is 0 Å². The fourth-order valence-electron chi connectivity index (χ4n) is 2.38. The molecule has 2 rings (SSSR count). The molecule has 4 heteroatoms. The lowest BCUT2D eigenvalue weighted by molar-refractivity contribution is -0.148. The first-order chi connectivity index (χ1) is 8.60. The van der Waals surface area contributed by atoms with Crippen molar-refractivity contribution in [2.75, 3.05) is 13.2 Å². The molecule has 1 aliphatic heterocycles. The Morgan fingerprint density at radius 2 is 2.06 bits per heavy atom. The van der Waals surface area contributed by atoms with Crippen molar-refractivity contribution in [3.8, 4) is 0 Å². The molecular formula is C14H19NO3. The maximum Gasteiger partial charge on any atom is 0.321 e. The van der Waals surface area contributed by atoms with Crippen LogP contribution in [0.1, 0.15) is 24.5 Å². The standard InChI is InChI=1S/C14H19NO3/c1-2-3-10-4-6-11(7-5-10)14(8-18-9-14)12(15)13(16)17/h4-7,12H,2-3,8-9,15H2,1H3,(H,16,17). The van der Waals surface area contributed by atoms with Crippen molar-refractivity contribution in [2.45, 2.75) is 31.2 Å². The first-order valence-corrected chi connectivity index (χ1v) is 6.25. The van der Waals surface area contributed by atoms with Crippen LogP contribution in [0.25, 0.3) is 0 Å². The van der Waals surface area contributed by atoms with Gasteiger partial charge in [-0.25, -0.2) is 0 Å². The molecule has 0 amide bonds. The summed E-state index contributed by atoms with van der Waals surface area (Å²) in [5, 5.41) is 9.10. The highest BCUT2D eigenvalue weighted by Gasteiger charge is 2.48. The Morgan fingerprint density at radius 3 is 2.44 bits per heavy atom. The second kappa shape index (κ2) is 5.08. The molecular weight excluding hydrogens is 230 g/mol. The van der Waals surface area contributed by atoms with Gasteiger partial charge in [-0.2, -0.15) is 0 Å². The largest absolute Gasteiger partial charge is 0.480 e. The molecule has 1 unspecified atom stereocenters. The van der Waals surface area contributed by atoms with E-state index in [-0.39, 0.29) is 0 Å². The third-order valence-corrected chi connectivity index (χ3v) is 3.65. The lowest BCUT2D eigenvalue weighted by atomic mass is 9.72. The third kappa shape index (κ3) is 2.13. The van der Waals surface area contributed by atoms with E-state index in [2.05, 4.69) is 6.92 Å². The van der Waals surface area contributed by atoms with Gasteiger partial charge in [-0.05, 0) is 17.5 Å². The zero-order chi connectivity index (χ0) is 13.2. The molecule has 1 aromatic carbocycles. The van der Waals surface area contributed by atoms with Crippen LogP contribution in [0, 0.1) is 0 Å². The van der Waals surface area contributed by atoms with Crippen LogP contribution >= 0.6 is 0 Å². The smallest absolute Gasteiger partial charge is 0.321 e. The number of hydrogen-bond acceptors (Lipinski definition) is 3. The van der Waals surface area contributed by atoms with E-state index in [9.17, 15) is 4.79 Å². The summed E-state index contributed by atoms with van der Waals surface area (Å²) in [6.07, 6.45) is 2.14. The summed E-state index contributed by atoms with van der Waals surface area (Å²) < 4.78 is 5.20. The highest BCUT2D eigenvalue weighted by atomic mass is 16.5. The van der Waals surface area contributed by atoms with Gasteiger partial charge < -0.3 is 15.6 Å². The molecule has 1 heterocycles. The van der Waals surface area contributed by atoms with E-state index < -0.39 is 17.4 Å². The minimum absolute atomic E-state index is 0.383. The Morgan fingerprint density at radius 1 is 1.44 bits per heavy atom. The van der Waals surface area contributed by atoms with E-state index in [1.54, 1.807) is 0 Å². The number of rotatable bonds is 5. The van der Waals surface area contributed by atoms with Crippen LogP contribution in [0.4, 0.5) is 0 Å². The number of aryl methyl sites for hydroxylation is 1. The lowest BCUT2D eigenvalue weighted by Gasteiger charge is -2.44. The molecule has 0 aromatic heterocycles. The number of carboxylic acids is 1. The normalized spacial score (nSPS) is 19.0. The maximum absolute atomic E-state index is 11.1. The van der Waals surface area contributed by atoms with Gasteiger partial charge in [0.15, 0.2) is 0 Å². The molecule has 1 atom stereocenters. The molecule has 18 heavy (non-hydrogen) atoms. The monoisotopic (exact) mass is 249 g/mol. The number of nitrogens with two attached hydrogens (primary N) is 1. The zero-order valence-electron chi connectivity index (χ0n) is 10.6. The molecule has 0 radical (unpaired) electrons. The van der Waals surface area contributed by atoms with Gasteiger partial charge in [0.1, 0.15) is 6.04 Å². The first-order valence-electron chi connectivity index (χ1n) is 6.25. The summed E-state index contributed by atoms with van der Waals surface area (Å²) in [5.74, 6) is -0.976. The molecule has 98 valence electrons. The van der Waals surface area contributed by atoms with Crippen LogP contribution in [-0.4, -0.2) is 30.3 Å². The number of benzene rings is 1. The SMILES string of the molecule is CCCc1ccc(C2(C(N)C(=O)O)COC2)cc1. The average molecular weight is 249 g/mol. The summed E-state index contributed by atoms with van der Waals surface area (Å²) >= 11 is 0. The second-order valence-corrected chi connectivity index (χ2v) is 4.91. The number of hydrogen-bond donors (Lipinski definition) is 2. The van der Waals surface area contributed by atoms with Crippen LogP contribution in [0.5, 0.6) is 0 Å². The molecule has 1 saturated heterocycles. The Labute approximate surface area is 107 Å². The summed E-state index contributed by atoms with van der Waals surface area (Å²) in [7, 11) is 0. The number of carbonyl (C=O) groups is 1. The second-order valence-electron chi connectivity index (χ2n) is 4.91. The van der Waals surface area contributed by atoms with Crippen LogP contribution in [-0.2, 0) is 21.4 Å². The van der Waals surface area contributed by atoms with Crippen molar-refractivity contribution in [2.24, 2.45) is 5.73 Å². The summed E-state index contributed by atoms with van der Waals surface area (Å²) in [6.45, 7) is 2.90. The Kier molecular flexibility index (Phi) is 3.68. The molecule has 1 fully saturated rings. The van der Waals surface area contributed by atoms with E-state index >= 15 is 0 Å². The van der Waals surface area contributed by atoms with Gasteiger partial charge in [0, 0.05) is 0 Å². The highest BCUT2D eigenvalue weighted by Crippen LogP contribution is 2.35. The molecule has 1 aliphatic rings. The summed E-state index contributed by atoms with van der Waals surface area (Å²) in [6, 6.07) is 7.15. The van der Waals surface area contributed by atoms with Crippen LogP contribution < -0.4 is 5.73 Å². The van der Waals surface area contributed by atoms with Gasteiger partial charge in [0.05, 0.1) is 18.6 Å². The molecule has 0 bridgehead atoms. The average Bonchev–Trinajstić information content (AvgIpc) is 2.30. The number of carboxylic acid groups (broad SMARTS) is 1. The summed E-state index contributed by atoms with van der Waals surface area (Å²) in [5.41, 5.74) is 7.47. The number of ether oxygens (including phenoxy) is 1. The van der Waals surface area contributed by atoms with Crippen molar-refractivity contribution in [3.63, 3.8) is 0 Å². The molecule has 0 spiro atoms. The predicted molar refractivity (Wildman–Crippen MR) is 68.5 cm³/mol. The Bertz CT molecular complexity index is 423. The fraction of sp³-hybridized carbons (Fsp3) is 0.500. The quantitative estimate of drug-likeness (QED) is 0.825. The zero-order valence-corrected chi connectivity index (χ0v) is 10.6. The van der Waals surface area contributed by atoms with E-state index in [1.165, 1.54) is 5.56 Å². The molecule has 1 aromatic rings. The van der Waals surface area contributed by atoms with Gasteiger partial charge in [0.25, 0.3) is 0 Å². The van der Waals surface area contributed by atoms with Crippen molar-refractivity contribution >= 4 is 5.97 Å². The first kappa shape index (κ1) is 13.1. The summed E-state index contributed by atoms with van der Waals surface area (Å²) in [4.78, 5) is 11.1. The molecule has 4 nitrogen and oxygen atoms in total. The van der Waals surface area contributed by atoms with Crippen molar-refractivity contribution < 1.29 is 14.6 Å². The Hall–Kier alpha value is -1.39. The van der Waals surface area contributed by atoms with Crippen LogP contribution in [0.2, 0.25) is 0 Å². The van der Waals surface area contributed by atoms with Gasteiger partial charge >= 0.3 is 5.97 Å². The maximum atomic E-state index is 11.1. The minimum Gasteiger partial charge on any atom is -0.480 e. The fourth-order valence-corrected chi connectivity index (χ4v) is 2.38. The topological polar surface area (TPSA) is 72.6 Å². The highest BCUT2D eigenvalue weighted by molar-refractivity contribution is 5.76. The van der Waals surface area contributed by atoms with Gasteiger partial charge in [-0.3, -0.25) is 4.79 Å². The third-order valence-electron chi connectivity index (χ3n) is 3.65. The van der Waals surface area contributed by atoms with Gasteiger partial charge in [-0.1, -0.05) is 37.6 Å². The van der Waals surface area contributed by atoms with E-state index in [0.29, 0.717) is 13.2 Å². The van der Waals surface area contributed by atoms with Crippen molar-refractivity contribution in [3.05, 3.63) is 35.4 Å². The molecule has 0 saturated carbocycles.